The van der Waals surface area contributed by atoms with Gasteiger partial charge < -0.3 is 15.5 Å². The first-order valence-corrected chi connectivity index (χ1v) is 7.54. The Labute approximate surface area is 116 Å². The fraction of sp³-hybridized carbons (Fsp3) is 0.929. The Morgan fingerprint density at radius 3 is 2.42 bits per heavy atom. The molecule has 2 rings (SSSR count). The van der Waals surface area contributed by atoms with Gasteiger partial charge in [0.1, 0.15) is 0 Å². The van der Waals surface area contributed by atoms with Crippen LogP contribution in [0, 0.1) is 0 Å². The normalized spacial score (nSPS) is 31.9. The summed E-state index contributed by atoms with van der Waals surface area (Å²) >= 11 is 0. The third-order valence-electron chi connectivity index (χ3n) is 4.71. The van der Waals surface area contributed by atoms with E-state index in [4.69, 9.17) is 5.73 Å². The fourth-order valence-electron chi connectivity index (χ4n) is 3.09. The third kappa shape index (κ3) is 4.44. The van der Waals surface area contributed by atoms with E-state index < -0.39 is 0 Å². The predicted molar refractivity (Wildman–Crippen MR) is 76.7 cm³/mol. The minimum atomic E-state index is 0.215. The summed E-state index contributed by atoms with van der Waals surface area (Å²) in [6, 6.07) is 0.696. The van der Waals surface area contributed by atoms with Crippen molar-refractivity contribution in [2.24, 2.45) is 5.73 Å². The molecule has 110 valence electrons. The maximum absolute atomic E-state index is 12.2. The molecule has 0 aromatic heterocycles. The van der Waals surface area contributed by atoms with E-state index in [0.717, 1.165) is 56.3 Å². The van der Waals surface area contributed by atoms with E-state index in [2.05, 4.69) is 24.3 Å². The predicted octanol–water partition coefficient (Wildman–Crippen LogP) is -0.235. The topological polar surface area (TPSA) is 58.4 Å². The summed E-state index contributed by atoms with van der Waals surface area (Å²) in [5.74, 6) is 0.215. The summed E-state index contributed by atoms with van der Waals surface area (Å²) in [4.78, 5) is 14.5. The highest BCUT2D eigenvalue weighted by Crippen LogP contribution is 2.17. The van der Waals surface area contributed by atoms with Crippen molar-refractivity contribution in [2.75, 3.05) is 46.8 Å². The van der Waals surface area contributed by atoms with Crippen LogP contribution in [-0.2, 0) is 4.79 Å². The number of nitrogens with two attached hydrogens (primary N) is 1. The van der Waals surface area contributed by atoms with E-state index in [1.165, 1.54) is 0 Å². The standard InChI is InChI=1S/C14H28N4O/c1-17-7-9-18(2,10-8-17)11-14(19)16-13-5-3-12(15)4-6-13/h12-13H,3-11,15H2,1-2H3/p+1. The van der Waals surface area contributed by atoms with Crippen LogP contribution < -0.4 is 11.1 Å². The van der Waals surface area contributed by atoms with Crippen molar-refractivity contribution in [3.63, 3.8) is 0 Å². The molecule has 0 radical (unpaired) electrons. The Bertz CT molecular complexity index is 305. The Morgan fingerprint density at radius 2 is 1.84 bits per heavy atom. The number of hydrogen-bond acceptors (Lipinski definition) is 3. The molecule has 1 aliphatic carbocycles. The summed E-state index contributed by atoms with van der Waals surface area (Å²) in [6.45, 7) is 4.93. The molecule has 2 aliphatic rings. The van der Waals surface area contributed by atoms with Crippen LogP contribution in [0.3, 0.4) is 0 Å². The van der Waals surface area contributed by atoms with E-state index >= 15 is 0 Å². The number of hydrogen-bond donors (Lipinski definition) is 2. The number of rotatable bonds is 3. The third-order valence-corrected chi connectivity index (χ3v) is 4.71. The zero-order valence-corrected chi connectivity index (χ0v) is 12.4. The maximum Gasteiger partial charge on any atom is 0.275 e. The van der Waals surface area contributed by atoms with Gasteiger partial charge in [0.25, 0.3) is 5.91 Å². The molecule has 3 N–H and O–H groups in total. The van der Waals surface area contributed by atoms with Gasteiger partial charge >= 0.3 is 0 Å². The second kappa shape index (κ2) is 6.20. The molecule has 1 heterocycles. The van der Waals surface area contributed by atoms with Gasteiger partial charge in [-0.2, -0.15) is 0 Å². The molecule has 2 fully saturated rings. The van der Waals surface area contributed by atoms with Crippen LogP contribution in [0.4, 0.5) is 0 Å². The molecule has 0 aromatic carbocycles. The Hall–Kier alpha value is -0.650. The molecule has 5 nitrogen and oxygen atoms in total. The molecule has 5 heteroatoms. The van der Waals surface area contributed by atoms with Gasteiger partial charge in [0.15, 0.2) is 6.54 Å². The first-order valence-electron chi connectivity index (χ1n) is 7.54. The van der Waals surface area contributed by atoms with Crippen molar-refractivity contribution < 1.29 is 9.28 Å². The zero-order chi connectivity index (χ0) is 13.9. The SMILES string of the molecule is CN1CC[N+](C)(CC(=O)NC2CCC(N)CC2)CC1. The second-order valence-corrected chi connectivity index (χ2v) is 6.71. The molecule has 1 aliphatic heterocycles. The quantitative estimate of drug-likeness (QED) is 0.696. The van der Waals surface area contributed by atoms with Gasteiger partial charge in [-0.05, 0) is 32.7 Å². The number of likely N-dealkylation sites (N-methyl/N-ethyl adjacent to an activating group) is 2. The van der Waals surface area contributed by atoms with Crippen LogP contribution in [0.15, 0.2) is 0 Å². The average Bonchev–Trinajstić information content (AvgIpc) is 2.36. The number of nitrogens with one attached hydrogen (secondary N) is 1. The summed E-state index contributed by atoms with van der Waals surface area (Å²) in [5, 5.41) is 3.20. The van der Waals surface area contributed by atoms with Crippen LogP contribution in [0.25, 0.3) is 0 Å². The molecular weight excluding hydrogens is 240 g/mol. The largest absolute Gasteiger partial charge is 0.348 e. The van der Waals surface area contributed by atoms with Gasteiger partial charge in [0.05, 0.1) is 20.1 Å². The molecule has 0 aromatic rings. The Kier molecular flexibility index (Phi) is 4.81. The van der Waals surface area contributed by atoms with Gasteiger partial charge in [-0.1, -0.05) is 0 Å². The van der Waals surface area contributed by atoms with Gasteiger partial charge in [-0.15, -0.1) is 0 Å². The fourth-order valence-corrected chi connectivity index (χ4v) is 3.09. The van der Waals surface area contributed by atoms with Crippen LogP contribution in [0.5, 0.6) is 0 Å². The highest BCUT2D eigenvalue weighted by Gasteiger charge is 2.30. The van der Waals surface area contributed by atoms with Gasteiger partial charge in [0, 0.05) is 25.2 Å². The van der Waals surface area contributed by atoms with E-state index in [9.17, 15) is 4.79 Å². The summed E-state index contributed by atoms with van der Waals surface area (Å²) in [6.07, 6.45) is 4.17. The van der Waals surface area contributed by atoms with Gasteiger partial charge in [-0.3, -0.25) is 9.69 Å². The van der Waals surface area contributed by atoms with Crippen molar-refractivity contribution in [3.8, 4) is 0 Å². The van der Waals surface area contributed by atoms with Crippen LogP contribution in [0.2, 0.25) is 0 Å². The molecule has 0 unspecified atom stereocenters. The lowest BCUT2D eigenvalue weighted by Gasteiger charge is -2.40. The lowest BCUT2D eigenvalue weighted by Crippen LogP contribution is -2.60. The van der Waals surface area contributed by atoms with Crippen molar-refractivity contribution in [2.45, 2.75) is 37.8 Å². The number of carbonyl (C=O) groups is 1. The summed E-state index contributed by atoms with van der Waals surface area (Å²) in [7, 11) is 4.35. The first-order chi connectivity index (χ1) is 8.97. The summed E-state index contributed by atoms with van der Waals surface area (Å²) in [5.41, 5.74) is 5.89. The van der Waals surface area contributed by atoms with Crippen LogP contribution in [0.1, 0.15) is 25.7 Å². The number of nitrogens with zero attached hydrogens (tertiary/aromatic N) is 2. The number of amides is 1. The monoisotopic (exact) mass is 269 g/mol. The smallest absolute Gasteiger partial charge is 0.275 e. The first kappa shape index (κ1) is 14.8. The van der Waals surface area contributed by atoms with E-state index in [0.29, 0.717) is 18.6 Å². The molecule has 1 saturated carbocycles. The summed E-state index contributed by atoms with van der Waals surface area (Å²) < 4.78 is 0.877. The van der Waals surface area contributed by atoms with Crippen molar-refractivity contribution in [1.29, 1.82) is 0 Å². The van der Waals surface area contributed by atoms with Gasteiger partial charge in [0.2, 0.25) is 0 Å². The lowest BCUT2D eigenvalue weighted by atomic mass is 9.92. The van der Waals surface area contributed by atoms with Gasteiger partial charge in [-0.25, -0.2) is 0 Å². The molecule has 0 spiro atoms. The highest BCUT2D eigenvalue weighted by atomic mass is 16.2. The molecule has 0 atom stereocenters. The lowest BCUT2D eigenvalue weighted by molar-refractivity contribution is -0.906. The minimum absolute atomic E-state index is 0.215. The molecule has 1 saturated heterocycles. The zero-order valence-electron chi connectivity index (χ0n) is 12.4. The molecule has 19 heavy (non-hydrogen) atoms. The van der Waals surface area contributed by atoms with E-state index in [1.807, 2.05) is 0 Å². The second-order valence-electron chi connectivity index (χ2n) is 6.71. The van der Waals surface area contributed by atoms with Crippen LogP contribution >= 0.6 is 0 Å². The number of quaternary nitrogens is 1. The highest BCUT2D eigenvalue weighted by molar-refractivity contribution is 5.77. The van der Waals surface area contributed by atoms with Crippen molar-refractivity contribution >= 4 is 5.91 Å². The van der Waals surface area contributed by atoms with Crippen molar-refractivity contribution in [1.82, 2.24) is 10.2 Å². The number of carbonyl (C=O) groups excluding carboxylic acids is 1. The Balaban J connectivity index is 1.74. The molecule has 0 bridgehead atoms. The molecular formula is C14H29N4O+. The van der Waals surface area contributed by atoms with Crippen molar-refractivity contribution in [3.05, 3.63) is 0 Å². The number of piperazine rings is 1. The average molecular weight is 269 g/mol. The van der Waals surface area contributed by atoms with E-state index in [-0.39, 0.29) is 5.91 Å². The van der Waals surface area contributed by atoms with Crippen LogP contribution in [-0.4, -0.2) is 74.2 Å². The maximum atomic E-state index is 12.2. The minimum Gasteiger partial charge on any atom is -0.348 e. The molecule has 1 amide bonds. The Morgan fingerprint density at radius 1 is 1.26 bits per heavy atom. The van der Waals surface area contributed by atoms with E-state index in [1.54, 1.807) is 0 Å².